The van der Waals surface area contributed by atoms with E-state index < -0.39 is 0 Å². The van der Waals surface area contributed by atoms with E-state index in [0.29, 0.717) is 12.2 Å². The van der Waals surface area contributed by atoms with Crippen LogP contribution >= 0.6 is 0 Å². The van der Waals surface area contributed by atoms with E-state index in [4.69, 9.17) is 4.42 Å². The summed E-state index contributed by atoms with van der Waals surface area (Å²) in [7, 11) is 0. The van der Waals surface area contributed by atoms with E-state index in [9.17, 15) is 9.59 Å². The monoisotopic (exact) mass is 355 g/mol. The van der Waals surface area contributed by atoms with Gasteiger partial charge in [-0.25, -0.2) is 0 Å². The summed E-state index contributed by atoms with van der Waals surface area (Å²) in [6.07, 6.45) is 4.52. The van der Waals surface area contributed by atoms with E-state index in [1.807, 2.05) is 24.3 Å². The lowest BCUT2D eigenvalue weighted by Gasteiger charge is -2.23. The minimum absolute atomic E-state index is 0.0169. The quantitative estimate of drug-likeness (QED) is 0.801. The van der Waals surface area contributed by atoms with E-state index in [-0.39, 0.29) is 23.6 Å². The maximum atomic E-state index is 12.5. The number of nitrogens with one attached hydrogen (secondary N) is 2. The summed E-state index contributed by atoms with van der Waals surface area (Å²) >= 11 is 0. The average molecular weight is 355 g/mol. The number of benzene rings is 1. The zero-order chi connectivity index (χ0) is 18.4. The van der Waals surface area contributed by atoms with Crippen molar-refractivity contribution in [1.82, 2.24) is 10.2 Å². The number of nitrogens with zero attached hydrogens (tertiary/aromatic N) is 1. The molecule has 1 saturated heterocycles. The molecule has 1 atom stereocenters. The fourth-order valence-corrected chi connectivity index (χ4v) is 3.34. The van der Waals surface area contributed by atoms with Gasteiger partial charge < -0.3 is 15.1 Å². The van der Waals surface area contributed by atoms with Gasteiger partial charge in [-0.15, -0.1) is 0 Å². The number of furan rings is 1. The Hall–Kier alpha value is -2.60. The van der Waals surface area contributed by atoms with Gasteiger partial charge in [0.15, 0.2) is 5.76 Å². The summed E-state index contributed by atoms with van der Waals surface area (Å²) in [5.74, 6) is 0.0549. The molecule has 2 N–H and O–H groups in total. The highest BCUT2D eigenvalue weighted by Crippen LogP contribution is 2.18. The fraction of sp³-hybridized carbons (Fsp3) is 0.400. The molecule has 6 nitrogen and oxygen atoms in total. The summed E-state index contributed by atoms with van der Waals surface area (Å²) in [6.45, 7) is 4.54. The first-order valence-electron chi connectivity index (χ1n) is 9.13. The molecule has 26 heavy (non-hydrogen) atoms. The summed E-state index contributed by atoms with van der Waals surface area (Å²) < 4.78 is 5.09. The van der Waals surface area contributed by atoms with Gasteiger partial charge in [0.1, 0.15) is 0 Å². The molecule has 1 aromatic heterocycles. The predicted octanol–water partition coefficient (Wildman–Crippen LogP) is 3.02. The van der Waals surface area contributed by atoms with Gasteiger partial charge >= 0.3 is 0 Å². The first kappa shape index (κ1) is 18.2. The normalized spacial score (nSPS) is 17.2. The van der Waals surface area contributed by atoms with Crippen LogP contribution in [0.3, 0.4) is 0 Å². The van der Waals surface area contributed by atoms with Gasteiger partial charge in [0.05, 0.1) is 12.3 Å². The Kier molecular flexibility index (Phi) is 6.07. The Balaban J connectivity index is 1.55. The number of hydrogen-bond donors (Lipinski definition) is 2. The molecular formula is C20H25N3O3. The minimum Gasteiger partial charge on any atom is -0.459 e. The van der Waals surface area contributed by atoms with Gasteiger partial charge in [-0.3, -0.25) is 14.5 Å². The molecule has 0 aliphatic carbocycles. The predicted molar refractivity (Wildman–Crippen MR) is 99.8 cm³/mol. The molecule has 6 heteroatoms. The Labute approximate surface area is 153 Å². The molecule has 2 amide bonds. The van der Waals surface area contributed by atoms with E-state index in [2.05, 4.69) is 22.5 Å². The van der Waals surface area contributed by atoms with Crippen LogP contribution in [0.4, 0.5) is 5.69 Å². The van der Waals surface area contributed by atoms with Crippen LogP contribution in [0, 0.1) is 0 Å². The Bertz CT molecular complexity index is 743. The van der Waals surface area contributed by atoms with Gasteiger partial charge in [0.2, 0.25) is 5.91 Å². The van der Waals surface area contributed by atoms with Gasteiger partial charge in [-0.05, 0) is 62.2 Å². The molecule has 0 unspecified atom stereocenters. The number of anilines is 1. The summed E-state index contributed by atoms with van der Waals surface area (Å²) in [6, 6.07) is 10.7. The van der Waals surface area contributed by atoms with Crippen molar-refractivity contribution in [2.45, 2.75) is 38.8 Å². The molecule has 2 aromatic rings. The third-order valence-electron chi connectivity index (χ3n) is 4.57. The molecular weight excluding hydrogens is 330 g/mol. The van der Waals surface area contributed by atoms with E-state index in [1.165, 1.54) is 6.26 Å². The number of rotatable bonds is 7. The highest BCUT2D eigenvalue weighted by molar-refractivity contribution is 6.02. The molecule has 138 valence electrons. The van der Waals surface area contributed by atoms with Crippen LogP contribution in [-0.2, 0) is 11.3 Å². The molecule has 1 fully saturated rings. The van der Waals surface area contributed by atoms with Gasteiger partial charge in [-0.1, -0.05) is 19.1 Å². The second-order valence-electron chi connectivity index (χ2n) is 6.54. The number of hydrogen-bond acceptors (Lipinski definition) is 4. The zero-order valence-corrected chi connectivity index (χ0v) is 15.0. The molecule has 0 bridgehead atoms. The molecule has 0 saturated carbocycles. The number of likely N-dealkylation sites (tertiary alicyclic amines) is 1. The number of amides is 2. The lowest BCUT2D eigenvalue weighted by molar-refractivity contribution is -0.125. The van der Waals surface area contributed by atoms with Crippen molar-refractivity contribution >= 4 is 17.5 Å². The highest BCUT2D eigenvalue weighted by atomic mass is 16.3. The molecule has 1 aliphatic heterocycles. The van der Waals surface area contributed by atoms with Crippen LogP contribution in [0.1, 0.15) is 42.3 Å². The van der Waals surface area contributed by atoms with Crippen molar-refractivity contribution in [2.24, 2.45) is 0 Å². The van der Waals surface area contributed by atoms with E-state index in [0.717, 1.165) is 37.9 Å². The van der Waals surface area contributed by atoms with Gasteiger partial charge in [0, 0.05) is 12.2 Å². The van der Waals surface area contributed by atoms with Crippen LogP contribution in [0.25, 0.3) is 0 Å². The van der Waals surface area contributed by atoms with Crippen molar-refractivity contribution in [3.8, 4) is 0 Å². The maximum absolute atomic E-state index is 12.5. The Morgan fingerprint density at radius 2 is 2.15 bits per heavy atom. The topological polar surface area (TPSA) is 74.6 Å². The Morgan fingerprint density at radius 1 is 1.27 bits per heavy atom. The van der Waals surface area contributed by atoms with Crippen LogP contribution in [0.15, 0.2) is 47.1 Å². The average Bonchev–Trinajstić information content (AvgIpc) is 3.32. The largest absolute Gasteiger partial charge is 0.459 e. The summed E-state index contributed by atoms with van der Waals surface area (Å²) in [5, 5.41) is 5.82. The molecule has 3 rings (SSSR count). The van der Waals surface area contributed by atoms with E-state index in [1.54, 1.807) is 12.1 Å². The first-order valence-corrected chi connectivity index (χ1v) is 9.13. The van der Waals surface area contributed by atoms with Crippen molar-refractivity contribution in [3.05, 3.63) is 54.0 Å². The molecule has 1 aromatic carbocycles. The molecule has 1 aliphatic rings. The summed E-state index contributed by atoms with van der Waals surface area (Å²) in [5.41, 5.74) is 1.61. The molecule has 0 radical (unpaired) electrons. The van der Waals surface area contributed by atoms with Crippen molar-refractivity contribution in [3.63, 3.8) is 0 Å². The standard InChI is InChI=1S/C20H25N3O3/c1-2-10-23-11-4-8-17(23)19(24)21-14-15-6-3-7-16(13-15)22-20(25)18-9-5-12-26-18/h3,5-7,9,12-13,17H,2,4,8,10-11,14H2,1H3,(H,21,24)(H,22,25)/t17-/m1/s1. The van der Waals surface area contributed by atoms with E-state index >= 15 is 0 Å². The van der Waals surface area contributed by atoms with Crippen LogP contribution in [0.2, 0.25) is 0 Å². The SMILES string of the molecule is CCCN1CCC[C@@H]1C(=O)NCc1cccc(NC(=O)c2ccco2)c1. The smallest absolute Gasteiger partial charge is 0.291 e. The zero-order valence-electron chi connectivity index (χ0n) is 15.0. The lowest BCUT2D eigenvalue weighted by Crippen LogP contribution is -2.43. The fourth-order valence-electron chi connectivity index (χ4n) is 3.34. The van der Waals surface area contributed by atoms with Crippen LogP contribution < -0.4 is 10.6 Å². The molecule has 2 heterocycles. The minimum atomic E-state index is -0.294. The summed E-state index contributed by atoms with van der Waals surface area (Å²) in [4.78, 5) is 26.8. The third-order valence-corrected chi connectivity index (χ3v) is 4.57. The number of carbonyl (C=O) groups excluding carboxylic acids is 2. The second-order valence-corrected chi connectivity index (χ2v) is 6.54. The van der Waals surface area contributed by atoms with Crippen molar-refractivity contribution < 1.29 is 14.0 Å². The van der Waals surface area contributed by atoms with Crippen LogP contribution in [0.5, 0.6) is 0 Å². The first-order chi connectivity index (χ1) is 12.7. The maximum Gasteiger partial charge on any atom is 0.291 e. The second kappa shape index (κ2) is 8.67. The highest BCUT2D eigenvalue weighted by Gasteiger charge is 2.29. The van der Waals surface area contributed by atoms with Crippen molar-refractivity contribution in [1.29, 1.82) is 0 Å². The van der Waals surface area contributed by atoms with Crippen molar-refractivity contribution in [2.75, 3.05) is 18.4 Å². The molecule has 0 spiro atoms. The number of carbonyl (C=O) groups is 2. The van der Waals surface area contributed by atoms with Gasteiger partial charge in [0.25, 0.3) is 5.91 Å². The Morgan fingerprint density at radius 3 is 2.92 bits per heavy atom. The lowest BCUT2D eigenvalue weighted by atomic mass is 10.1. The third kappa shape index (κ3) is 4.52. The van der Waals surface area contributed by atoms with Gasteiger partial charge in [-0.2, -0.15) is 0 Å². The van der Waals surface area contributed by atoms with Crippen LogP contribution in [-0.4, -0.2) is 35.8 Å².